The number of benzene rings is 1. The molecule has 1 amide bonds. The minimum absolute atomic E-state index is 0.111. The van der Waals surface area contributed by atoms with Gasteiger partial charge in [0.2, 0.25) is 5.91 Å². The lowest BCUT2D eigenvalue weighted by atomic mass is 9.94. The fourth-order valence-corrected chi connectivity index (χ4v) is 2.95. The molecular formula is C15H22N2O. The van der Waals surface area contributed by atoms with Crippen LogP contribution in [0, 0.1) is 18.8 Å². The Morgan fingerprint density at radius 3 is 2.78 bits per heavy atom. The van der Waals surface area contributed by atoms with Gasteiger partial charge in [-0.1, -0.05) is 24.6 Å². The van der Waals surface area contributed by atoms with Crippen LogP contribution >= 0.6 is 0 Å². The third kappa shape index (κ3) is 2.41. The van der Waals surface area contributed by atoms with Gasteiger partial charge in [0.15, 0.2) is 0 Å². The summed E-state index contributed by atoms with van der Waals surface area (Å²) in [5.74, 6) is 0.695. The summed E-state index contributed by atoms with van der Waals surface area (Å²) in [6.45, 7) is 2.66. The first-order chi connectivity index (χ1) is 8.65. The van der Waals surface area contributed by atoms with E-state index in [2.05, 4.69) is 0 Å². The molecule has 98 valence electrons. The third-order valence-corrected chi connectivity index (χ3v) is 4.09. The lowest BCUT2D eigenvalue weighted by molar-refractivity contribution is -0.123. The molecule has 0 aliphatic heterocycles. The zero-order chi connectivity index (χ0) is 13.1. The van der Waals surface area contributed by atoms with E-state index in [0.29, 0.717) is 12.5 Å². The fourth-order valence-electron chi connectivity index (χ4n) is 2.95. The minimum Gasteiger partial charge on any atom is -0.330 e. The normalized spacial score (nSPS) is 23.1. The van der Waals surface area contributed by atoms with Gasteiger partial charge in [-0.05, 0) is 43.9 Å². The van der Waals surface area contributed by atoms with E-state index in [4.69, 9.17) is 5.73 Å². The van der Waals surface area contributed by atoms with E-state index in [-0.39, 0.29) is 11.8 Å². The predicted molar refractivity (Wildman–Crippen MR) is 74.5 cm³/mol. The molecule has 2 N–H and O–H groups in total. The van der Waals surface area contributed by atoms with Crippen LogP contribution in [0.2, 0.25) is 0 Å². The van der Waals surface area contributed by atoms with Gasteiger partial charge in [-0.2, -0.15) is 0 Å². The minimum atomic E-state index is 0.111. The van der Waals surface area contributed by atoms with Crippen LogP contribution in [0.4, 0.5) is 5.69 Å². The van der Waals surface area contributed by atoms with Crippen molar-refractivity contribution in [2.75, 3.05) is 18.5 Å². The van der Waals surface area contributed by atoms with Crippen LogP contribution in [0.1, 0.15) is 24.8 Å². The summed E-state index contributed by atoms with van der Waals surface area (Å²) in [6.07, 6.45) is 3.20. The first-order valence-corrected chi connectivity index (χ1v) is 6.68. The maximum Gasteiger partial charge on any atom is 0.230 e. The SMILES string of the molecule is Cc1ccccc1N(C)C(=O)C1CCCC1CN. The molecule has 2 rings (SSSR count). The Bertz CT molecular complexity index is 430. The number of nitrogens with zero attached hydrogens (tertiary/aromatic N) is 1. The van der Waals surface area contributed by atoms with Crippen molar-refractivity contribution in [1.29, 1.82) is 0 Å². The number of nitrogens with two attached hydrogens (primary N) is 1. The molecular weight excluding hydrogens is 224 g/mol. The molecule has 0 saturated heterocycles. The number of rotatable bonds is 3. The largest absolute Gasteiger partial charge is 0.330 e. The summed E-state index contributed by atoms with van der Waals surface area (Å²) in [4.78, 5) is 14.3. The molecule has 1 aliphatic rings. The van der Waals surface area contributed by atoms with E-state index in [0.717, 1.165) is 30.5 Å². The monoisotopic (exact) mass is 246 g/mol. The number of carbonyl (C=O) groups is 1. The van der Waals surface area contributed by atoms with Crippen molar-refractivity contribution in [2.45, 2.75) is 26.2 Å². The smallest absolute Gasteiger partial charge is 0.230 e. The van der Waals surface area contributed by atoms with Crippen molar-refractivity contribution in [3.05, 3.63) is 29.8 Å². The highest BCUT2D eigenvalue weighted by atomic mass is 16.2. The zero-order valence-corrected chi connectivity index (χ0v) is 11.2. The van der Waals surface area contributed by atoms with Gasteiger partial charge in [0.25, 0.3) is 0 Å². The second-order valence-electron chi connectivity index (χ2n) is 5.22. The molecule has 1 aromatic rings. The third-order valence-electron chi connectivity index (χ3n) is 4.09. The molecule has 0 bridgehead atoms. The maximum absolute atomic E-state index is 12.5. The number of hydrogen-bond donors (Lipinski definition) is 1. The highest BCUT2D eigenvalue weighted by molar-refractivity contribution is 5.95. The van der Waals surface area contributed by atoms with E-state index in [1.165, 1.54) is 0 Å². The highest BCUT2D eigenvalue weighted by Crippen LogP contribution is 2.33. The van der Waals surface area contributed by atoms with Gasteiger partial charge in [-0.15, -0.1) is 0 Å². The second-order valence-corrected chi connectivity index (χ2v) is 5.22. The Hall–Kier alpha value is -1.35. The van der Waals surface area contributed by atoms with E-state index < -0.39 is 0 Å². The molecule has 0 aromatic heterocycles. The number of para-hydroxylation sites is 1. The quantitative estimate of drug-likeness (QED) is 0.889. The molecule has 1 saturated carbocycles. The summed E-state index contributed by atoms with van der Waals surface area (Å²) in [5, 5.41) is 0. The molecule has 0 spiro atoms. The van der Waals surface area contributed by atoms with E-state index in [9.17, 15) is 4.79 Å². The Balaban J connectivity index is 2.16. The van der Waals surface area contributed by atoms with Gasteiger partial charge in [-0.3, -0.25) is 4.79 Å². The van der Waals surface area contributed by atoms with Crippen LogP contribution in [0.25, 0.3) is 0 Å². The number of hydrogen-bond acceptors (Lipinski definition) is 2. The van der Waals surface area contributed by atoms with Crippen molar-refractivity contribution >= 4 is 11.6 Å². The van der Waals surface area contributed by atoms with Gasteiger partial charge in [0, 0.05) is 18.7 Å². The number of carbonyl (C=O) groups excluding carboxylic acids is 1. The number of anilines is 1. The van der Waals surface area contributed by atoms with E-state index >= 15 is 0 Å². The maximum atomic E-state index is 12.5. The lowest BCUT2D eigenvalue weighted by Gasteiger charge is -2.25. The van der Waals surface area contributed by atoms with Crippen molar-refractivity contribution in [3.8, 4) is 0 Å². The van der Waals surface area contributed by atoms with Crippen LogP contribution in [-0.4, -0.2) is 19.5 Å². The molecule has 2 atom stereocenters. The van der Waals surface area contributed by atoms with Gasteiger partial charge in [0.05, 0.1) is 0 Å². The van der Waals surface area contributed by atoms with Crippen molar-refractivity contribution in [2.24, 2.45) is 17.6 Å². The number of aryl methyl sites for hydroxylation is 1. The average Bonchev–Trinajstić information content (AvgIpc) is 2.86. The Morgan fingerprint density at radius 1 is 1.39 bits per heavy atom. The summed E-state index contributed by atoms with van der Waals surface area (Å²) in [5.41, 5.74) is 7.90. The first-order valence-electron chi connectivity index (χ1n) is 6.68. The highest BCUT2D eigenvalue weighted by Gasteiger charge is 2.34. The molecule has 0 radical (unpaired) electrons. The fraction of sp³-hybridized carbons (Fsp3) is 0.533. The topological polar surface area (TPSA) is 46.3 Å². The Labute approximate surface area is 109 Å². The summed E-state index contributed by atoms with van der Waals surface area (Å²) >= 11 is 0. The second kappa shape index (κ2) is 5.53. The van der Waals surface area contributed by atoms with Crippen molar-refractivity contribution in [1.82, 2.24) is 0 Å². The van der Waals surface area contributed by atoms with Gasteiger partial charge >= 0.3 is 0 Å². The zero-order valence-electron chi connectivity index (χ0n) is 11.2. The van der Waals surface area contributed by atoms with Crippen LogP contribution in [0.3, 0.4) is 0 Å². The number of amides is 1. The first kappa shape index (κ1) is 13.1. The standard InChI is InChI=1S/C15H22N2O/c1-11-6-3-4-9-14(11)17(2)15(18)13-8-5-7-12(13)10-16/h3-4,6,9,12-13H,5,7-8,10,16H2,1-2H3. The average molecular weight is 246 g/mol. The van der Waals surface area contributed by atoms with Gasteiger partial charge in [-0.25, -0.2) is 0 Å². The summed E-state index contributed by atoms with van der Waals surface area (Å²) in [6, 6.07) is 8.00. The van der Waals surface area contributed by atoms with Crippen LogP contribution in [0.15, 0.2) is 24.3 Å². The summed E-state index contributed by atoms with van der Waals surface area (Å²) in [7, 11) is 1.87. The molecule has 1 aliphatic carbocycles. The molecule has 0 heterocycles. The molecule has 18 heavy (non-hydrogen) atoms. The molecule has 3 heteroatoms. The molecule has 1 fully saturated rings. The van der Waals surface area contributed by atoms with E-state index in [1.54, 1.807) is 4.90 Å². The van der Waals surface area contributed by atoms with Crippen LogP contribution in [-0.2, 0) is 4.79 Å². The molecule has 1 aromatic carbocycles. The van der Waals surface area contributed by atoms with Crippen molar-refractivity contribution < 1.29 is 4.79 Å². The van der Waals surface area contributed by atoms with Crippen LogP contribution in [0.5, 0.6) is 0 Å². The Morgan fingerprint density at radius 2 is 2.11 bits per heavy atom. The molecule has 2 unspecified atom stereocenters. The van der Waals surface area contributed by atoms with Crippen LogP contribution < -0.4 is 10.6 Å². The molecule has 3 nitrogen and oxygen atoms in total. The van der Waals surface area contributed by atoms with Gasteiger partial charge < -0.3 is 10.6 Å². The van der Waals surface area contributed by atoms with E-state index in [1.807, 2.05) is 38.2 Å². The van der Waals surface area contributed by atoms with Crippen molar-refractivity contribution in [3.63, 3.8) is 0 Å². The van der Waals surface area contributed by atoms with Gasteiger partial charge in [0.1, 0.15) is 0 Å². The Kier molecular flexibility index (Phi) is 4.02. The summed E-state index contributed by atoms with van der Waals surface area (Å²) < 4.78 is 0. The predicted octanol–water partition coefficient (Wildman–Crippen LogP) is 2.33. The lowest BCUT2D eigenvalue weighted by Crippen LogP contribution is -2.36.